The highest BCUT2D eigenvalue weighted by Gasteiger charge is 2.41. The molecule has 1 saturated heterocycles. The van der Waals surface area contributed by atoms with Crippen LogP contribution in [0.5, 0.6) is 5.75 Å². The first-order valence-electron chi connectivity index (χ1n) is 7.09. The molecule has 0 spiro atoms. The third-order valence-corrected chi connectivity index (χ3v) is 4.13. The molecule has 5 heteroatoms. The van der Waals surface area contributed by atoms with Gasteiger partial charge in [0.25, 0.3) is 0 Å². The van der Waals surface area contributed by atoms with E-state index in [1.807, 2.05) is 24.3 Å². The van der Waals surface area contributed by atoms with Crippen molar-refractivity contribution < 1.29 is 19.4 Å². The van der Waals surface area contributed by atoms with Crippen LogP contribution in [0, 0.1) is 5.41 Å². The molecule has 1 aromatic carbocycles. The van der Waals surface area contributed by atoms with Crippen LogP contribution in [0.4, 0.5) is 0 Å². The van der Waals surface area contributed by atoms with Crippen molar-refractivity contribution in [3.8, 4) is 5.75 Å². The Morgan fingerprint density at radius 1 is 1.33 bits per heavy atom. The Balaban J connectivity index is 1.86. The fraction of sp³-hybridized carbons (Fsp3) is 0.500. The number of carboxylic acids is 1. The third-order valence-electron chi connectivity index (χ3n) is 4.13. The van der Waals surface area contributed by atoms with Gasteiger partial charge in [0, 0.05) is 19.5 Å². The third kappa shape index (κ3) is 3.54. The molecule has 114 valence electrons. The van der Waals surface area contributed by atoms with E-state index >= 15 is 0 Å². The fourth-order valence-electron chi connectivity index (χ4n) is 2.55. The maximum Gasteiger partial charge on any atom is 0.311 e. The summed E-state index contributed by atoms with van der Waals surface area (Å²) in [5.41, 5.74) is 0.278. The number of carbonyl (C=O) groups excluding carboxylic acids is 1. The molecule has 1 aliphatic heterocycles. The van der Waals surface area contributed by atoms with Crippen molar-refractivity contribution in [2.75, 3.05) is 20.2 Å². The molecule has 1 N–H and O–H groups in total. The van der Waals surface area contributed by atoms with Gasteiger partial charge in [0.05, 0.1) is 12.5 Å². The molecule has 1 aliphatic rings. The SMILES string of the molecule is COc1ccc(CCC(=O)N2CC[C@](C)(C(=O)O)C2)cc1. The molecule has 1 amide bonds. The number of rotatable bonds is 5. The van der Waals surface area contributed by atoms with Gasteiger partial charge >= 0.3 is 5.97 Å². The average Bonchev–Trinajstić information content (AvgIpc) is 2.89. The molecule has 0 aromatic heterocycles. The normalized spacial score (nSPS) is 21.3. The summed E-state index contributed by atoms with van der Waals surface area (Å²) in [6.45, 7) is 2.54. The van der Waals surface area contributed by atoms with E-state index in [0.717, 1.165) is 11.3 Å². The number of likely N-dealkylation sites (tertiary alicyclic amines) is 1. The number of benzene rings is 1. The second-order valence-electron chi connectivity index (χ2n) is 5.78. The number of ether oxygens (including phenoxy) is 1. The lowest BCUT2D eigenvalue weighted by atomic mass is 9.90. The number of carboxylic acid groups (broad SMARTS) is 1. The summed E-state index contributed by atoms with van der Waals surface area (Å²) >= 11 is 0. The Bertz CT molecular complexity index is 526. The molecule has 1 atom stereocenters. The van der Waals surface area contributed by atoms with Crippen molar-refractivity contribution in [3.05, 3.63) is 29.8 Å². The summed E-state index contributed by atoms with van der Waals surface area (Å²) < 4.78 is 5.09. The standard InChI is InChI=1S/C16H21NO4/c1-16(15(19)20)9-10-17(11-16)14(18)8-5-12-3-6-13(21-2)7-4-12/h3-4,6-7H,5,8-11H2,1-2H3,(H,19,20)/t16-/m0/s1. The lowest BCUT2D eigenvalue weighted by molar-refractivity contribution is -0.147. The van der Waals surface area contributed by atoms with Crippen molar-refractivity contribution in [2.24, 2.45) is 5.41 Å². The van der Waals surface area contributed by atoms with Gasteiger partial charge in [-0.3, -0.25) is 9.59 Å². The van der Waals surface area contributed by atoms with Gasteiger partial charge in [0.15, 0.2) is 0 Å². The number of aliphatic carboxylic acids is 1. The zero-order chi connectivity index (χ0) is 15.5. The molecule has 1 fully saturated rings. The van der Waals surface area contributed by atoms with Gasteiger partial charge in [0.2, 0.25) is 5.91 Å². The summed E-state index contributed by atoms with van der Waals surface area (Å²) in [6, 6.07) is 7.63. The minimum Gasteiger partial charge on any atom is -0.497 e. The minimum atomic E-state index is -0.826. The van der Waals surface area contributed by atoms with Gasteiger partial charge in [0.1, 0.15) is 5.75 Å². The van der Waals surface area contributed by atoms with Gasteiger partial charge in [-0.05, 0) is 37.5 Å². The monoisotopic (exact) mass is 291 g/mol. The molecular formula is C16H21NO4. The molecule has 21 heavy (non-hydrogen) atoms. The van der Waals surface area contributed by atoms with Gasteiger partial charge in [-0.1, -0.05) is 12.1 Å². The summed E-state index contributed by atoms with van der Waals surface area (Å²) in [4.78, 5) is 25.0. The topological polar surface area (TPSA) is 66.8 Å². The van der Waals surface area contributed by atoms with Crippen LogP contribution in [0.15, 0.2) is 24.3 Å². The molecule has 5 nitrogen and oxygen atoms in total. The van der Waals surface area contributed by atoms with Crippen molar-refractivity contribution in [1.29, 1.82) is 0 Å². The number of hydrogen-bond acceptors (Lipinski definition) is 3. The van der Waals surface area contributed by atoms with Crippen molar-refractivity contribution in [1.82, 2.24) is 4.90 Å². The van der Waals surface area contributed by atoms with Crippen LogP contribution >= 0.6 is 0 Å². The predicted molar refractivity (Wildman–Crippen MR) is 78.3 cm³/mol. The van der Waals surface area contributed by atoms with Crippen LogP contribution in [0.1, 0.15) is 25.3 Å². The van der Waals surface area contributed by atoms with Gasteiger partial charge < -0.3 is 14.7 Å². The fourth-order valence-corrected chi connectivity index (χ4v) is 2.55. The van der Waals surface area contributed by atoms with E-state index in [0.29, 0.717) is 32.4 Å². The molecular weight excluding hydrogens is 270 g/mol. The lowest BCUT2D eigenvalue weighted by Gasteiger charge is -2.20. The minimum absolute atomic E-state index is 0.0239. The number of amides is 1. The quantitative estimate of drug-likeness (QED) is 0.900. The molecule has 0 radical (unpaired) electrons. The first-order chi connectivity index (χ1) is 9.94. The number of carbonyl (C=O) groups is 2. The number of nitrogens with zero attached hydrogens (tertiary/aromatic N) is 1. The van der Waals surface area contributed by atoms with E-state index in [4.69, 9.17) is 4.74 Å². The number of methoxy groups -OCH3 is 1. The zero-order valence-electron chi connectivity index (χ0n) is 12.5. The predicted octanol–water partition coefficient (Wildman–Crippen LogP) is 1.95. The van der Waals surface area contributed by atoms with E-state index in [1.165, 1.54) is 0 Å². The van der Waals surface area contributed by atoms with Gasteiger partial charge in [-0.15, -0.1) is 0 Å². The molecule has 1 heterocycles. The second kappa shape index (κ2) is 6.16. The van der Waals surface area contributed by atoms with E-state index in [1.54, 1.807) is 18.9 Å². The van der Waals surface area contributed by atoms with Crippen LogP contribution in [0.2, 0.25) is 0 Å². The Labute approximate surface area is 124 Å². The summed E-state index contributed by atoms with van der Waals surface area (Å²) in [5, 5.41) is 9.18. The highest BCUT2D eigenvalue weighted by molar-refractivity contribution is 5.80. The van der Waals surface area contributed by atoms with Crippen LogP contribution in [0.3, 0.4) is 0 Å². The summed E-state index contributed by atoms with van der Waals surface area (Å²) in [5.74, 6) is -0.00871. The summed E-state index contributed by atoms with van der Waals surface area (Å²) in [6.07, 6.45) is 1.59. The van der Waals surface area contributed by atoms with Crippen LogP contribution < -0.4 is 4.74 Å². The molecule has 0 unspecified atom stereocenters. The van der Waals surface area contributed by atoms with Crippen molar-refractivity contribution >= 4 is 11.9 Å². The smallest absolute Gasteiger partial charge is 0.311 e. The van der Waals surface area contributed by atoms with Gasteiger partial charge in [-0.2, -0.15) is 0 Å². The highest BCUT2D eigenvalue weighted by atomic mass is 16.5. The van der Waals surface area contributed by atoms with E-state index in [9.17, 15) is 14.7 Å². The molecule has 0 saturated carbocycles. The molecule has 2 rings (SSSR count). The van der Waals surface area contributed by atoms with Crippen LogP contribution in [-0.4, -0.2) is 42.1 Å². The zero-order valence-corrected chi connectivity index (χ0v) is 12.5. The number of aryl methyl sites for hydroxylation is 1. The van der Waals surface area contributed by atoms with Gasteiger partial charge in [-0.25, -0.2) is 0 Å². The maximum absolute atomic E-state index is 12.2. The molecule has 0 aliphatic carbocycles. The van der Waals surface area contributed by atoms with Crippen molar-refractivity contribution in [3.63, 3.8) is 0 Å². The van der Waals surface area contributed by atoms with E-state index in [-0.39, 0.29) is 5.91 Å². The maximum atomic E-state index is 12.2. The first-order valence-corrected chi connectivity index (χ1v) is 7.09. The Morgan fingerprint density at radius 3 is 2.52 bits per heavy atom. The van der Waals surface area contributed by atoms with Crippen LogP contribution in [-0.2, 0) is 16.0 Å². The molecule has 1 aromatic rings. The second-order valence-corrected chi connectivity index (χ2v) is 5.78. The van der Waals surface area contributed by atoms with Crippen LogP contribution in [0.25, 0.3) is 0 Å². The molecule has 0 bridgehead atoms. The lowest BCUT2D eigenvalue weighted by Crippen LogP contribution is -2.34. The van der Waals surface area contributed by atoms with Crippen molar-refractivity contribution in [2.45, 2.75) is 26.2 Å². The Kier molecular flexibility index (Phi) is 4.50. The van der Waals surface area contributed by atoms with E-state index < -0.39 is 11.4 Å². The highest BCUT2D eigenvalue weighted by Crippen LogP contribution is 2.30. The summed E-state index contributed by atoms with van der Waals surface area (Å²) in [7, 11) is 1.62. The Hall–Kier alpha value is -2.04. The number of hydrogen-bond donors (Lipinski definition) is 1. The average molecular weight is 291 g/mol. The Morgan fingerprint density at radius 2 is 2.00 bits per heavy atom. The first kappa shape index (κ1) is 15.4. The van der Waals surface area contributed by atoms with E-state index in [2.05, 4.69) is 0 Å². The largest absolute Gasteiger partial charge is 0.497 e.